The van der Waals surface area contributed by atoms with E-state index in [0.717, 1.165) is 16.8 Å². The van der Waals surface area contributed by atoms with Gasteiger partial charge in [-0.2, -0.15) is 8.07 Å². The van der Waals surface area contributed by atoms with Gasteiger partial charge in [-0.15, -0.1) is 0 Å². The molecule has 0 bridgehead atoms. The van der Waals surface area contributed by atoms with Crippen molar-refractivity contribution in [2.24, 2.45) is 0 Å². The molecule has 0 spiro atoms. The minimum absolute atomic E-state index is 0. The van der Waals surface area contributed by atoms with Gasteiger partial charge in [0.05, 0.1) is 11.4 Å². The van der Waals surface area contributed by atoms with E-state index in [0.29, 0.717) is 0 Å². The molecule has 0 fully saturated rings. The largest absolute Gasteiger partial charge is 1.00 e. The SMILES string of the molecule is CP([N-][Si](C)(C)C)c1ccccn1.[Li+].c1ccc(-c2ccccn2)nc1. The van der Waals surface area contributed by atoms with Crippen molar-refractivity contribution < 1.29 is 18.9 Å². The van der Waals surface area contributed by atoms with Gasteiger partial charge in [0.2, 0.25) is 0 Å². The van der Waals surface area contributed by atoms with Crippen molar-refractivity contribution in [1.82, 2.24) is 15.0 Å². The van der Waals surface area contributed by atoms with Crippen LogP contribution < -0.4 is 24.3 Å². The summed E-state index contributed by atoms with van der Waals surface area (Å²) in [5, 5.41) is 0. The van der Waals surface area contributed by atoms with Gasteiger partial charge in [-0.05, 0) is 36.4 Å². The standard InChI is InChI=1S/C10H8N2.C9H16N2PSi.Li/c1-3-7-11-9(5-1)10-6-2-4-8-12-10;1-12(11-13(2,3)4)9-7-5-6-8-10-9;/h1-8H;5-8H,1-4H3;/q;-1;+1. The number of hydrogen-bond acceptors (Lipinski definition) is 3. The summed E-state index contributed by atoms with van der Waals surface area (Å²) in [6, 6.07) is 17.6. The monoisotopic (exact) mass is 374 g/mol. The normalized spacial score (nSPS) is 11.5. The maximum Gasteiger partial charge on any atom is 1.00 e. The Bertz CT molecular complexity index is 702. The molecule has 1 atom stereocenters. The Labute approximate surface area is 171 Å². The molecule has 7 heteroatoms. The molecule has 0 aliphatic heterocycles. The molecule has 130 valence electrons. The number of pyridine rings is 3. The predicted octanol–water partition coefficient (Wildman–Crippen LogP) is 2.09. The van der Waals surface area contributed by atoms with Gasteiger partial charge in [0.1, 0.15) is 0 Å². The molecule has 0 amide bonds. The van der Waals surface area contributed by atoms with Crippen molar-refractivity contribution in [2.45, 2.75) is 19.6 Å². The Kier molecular flexibility index (Phi) is 9.94. The van der Waals surface area contributed by atoms with Crippen LogP contribution in [0.4, 0.5) is 0 Å². The minimum atomic E-state index is -1.29. The smallest absolute Gasteiger partial charge is 0.634 e. The van der Waals surface area contributed by atoms with Gasteiger partial charge in [-0.1, -0.05) is 52.7 Å². The Hall–Kier alpha value is -1.35. The summed E-state index contributed by atoms with van der Waals surface area (Å²) in [7, 11) is -1.68. The molecule has 0 aliphatic rings. The quantitative estimate of drug-likeness (QED) is 0.519. The molecule has 3 heterocycles. The Morgan fingerprint density at radius 2 is 1.19 bits per heavy atom. The molecule has 1 unspecified atom stereocenters. The van der Waals surface area contributed by atoms with Gasteiger partial charge in [0.25, 0.3) is 0 Å². The topological polar surface area (TPSA) is 52.8 Å². The molecule has 3 aromatic heterocycles. The van der Waals surface area contributed by atoms with Crippen molar-refractivity contribution in [2.75, 3.05) is 6.66 Å². The molecule has 0 N–H and O–H groups in total. The van der Waals surface area contributed by atoms with Gasteiger partial charge in [-0.3, -0.25) is 15.0 Å². The van der Waals surface area contributed by atoms with Crippen molar-refractivity contribution in [3.05, 3.63) is 77.9 Å². The maximum atomic E-state index is 4.82. The fourth-order valence-electron chi connectivity index (χ4n) is 2.07. The number of aromatic nitrogens is 3. The van der Waals surface area contributed by atoms with Gasteiger partial charge in [0, 0.05) is 24.0 Å². The predicted molar refractivity (Wildman–Crippen MR) is 111 cm³/mol. The van der Waals surface area contributed by atoms with Gasteiger partial charge in [0.15, 0.2) is 0 Å². The molecule has 0 saturated heterocycles. The maximum absolute atomic E-state index is 4.82. The summed E-state index contributed by atoms with van der Waals surface area (Å²) in [6.07, 6.45) is 5.38. The van der Waals surface area contributed by atoms with Crippen LogP contribution in [0.1, 0.15) is 0 Å². The molecule has 4 nitrogen and oxygen atoms in total. The summed E-state index contributed by atoms with van der Waals surface area (Å²) in [4.78, 5) is 12.7. The van der Waals surface area contributed by atoms with Crippen LogP contribution in [0.3, 0.4) is 0 Å². The van der Waals surface area contributed by atoms with E-state index in [1.54, 1.807) is 12.4 Å². The fraction of sp³-hybridized carbons (Fsp3) is 0.211. The van der Waals surface area contributed by atoms with Crippen LogP contribution in [-0.4, -0.2) is 29.9 Å². The van der Waals surface area contributed by atoms with Gasteiger partial charge < -0.3 is 4.75 Å². The Balaban J connectivity index is 0.000000251. The minimum Gasteiger partial charge on any atom is -0.634 e. The van der Waals surface area contributed by atoms with Crippen LogP contribution in [0, 0.1) is 0 Å². The van der Waals surface area contributed by atoms with Crippen LogP contribution in [0.2, 0.25) is 19.6 Å². The Morgan fingerprint density at radius 1 is 0.731 bits per heavy atom. The third-order valence-electron chi connectivity index (χ3n) is 3.02. The van der Waals surface area contributed by atoms with E-state index in [1.807, 2.05) is 54.7 Å². The molecular formula is C19H24LiN4PSi. The van der Waals surface area contributed by atoms with E-state index in [1.165, 1.54) is 0 Å². The summed E-state index contributed by atoms with van der Waals surface area (Å²) >= 11 is 0. The molecule has 0 radical (unpaired) electrons. The first-order valence-corrected chi connectivity index (χ1v) is 13.3. The van der Waals surface area contributed by atoms with E-state index in [2.05, 4.69) is 47.3 Å². The summed E-state index contributed by atoms with van der Waals surface area (Å²) < 4.78 is 4.82. The first kappa shape index (κ1) is 22.7. The fourth-order valence-corrected chi connectivity index (χ4v) is 6.62. The molecule has 3 aromatic rings. The molecule has 3 rings (SSSR count). The zero-order chi connectivity index (χ0) is 18.1. The van der Waals surface area contributed by atoms with Crippen LogP contribution >= 0.6 is 8.07 Å². The molecule has 26 heavy (non-hydrogen) atoms. The second kappa shape index (κ2) is 11.4. The molecule has 0 saturated carbocycles. The molecule has 0 aliphatic carbocycles. The average molecular weight is 374 g/mol. The average Bonchev–Trinajstić information content (AvgIpc) is 2.63. The first-order chi connectivity index (χ1) is 12.0. The van der Waals surface area contributed by atoms with E-state index >= 15 is 0 Å². The van der Waals surface area contributed by atoms with Gasteiger partial charge in [-0.25, -0.2) is 0 Å². The van der Waals surface area contributed by atoms with Crippen molar-refractivity contribution in [3.63, 3.8) is 0 Å². The Morgan fingerprint density at radius 3 is 1.54 bits per heavy atom. The number of hydrogen-bond donors (Lipinski definition) is 0. The second-order valence-electron chi connectivity index (χ2n) is 6.41. The second-order valence-corrected chi connectivity index (χ2v) is 13.1. The van der Waals surface area contributed by atoms with Gasteiger partial charge >= 0.3 is 18.9 Å². The zero-order valence-electron chi connectivity index (χ0n) is 16.2. The van der Waals surface area contributed by atoms with Crippen LogP contribution in [0.15, 0.2) is 73.2 Å². The summed E-state index contributed by atoms with van der Waals surface area (Å²) in [5.41, 5.74) is 2.97. The third kappa shape index (κ3) is 8.36. The van der Waals surface area contributed by atoms with E-state index in [4.69, 9.17) is 4.75 Å². The molecular weight excluding hydrogens is 350 g/mol. The number of rotatable bonds is 4. The van der Waals surface area contributed by atoms with E-state index in [9.17, 15) is 0 Å². The zero-order valence-corrected chi connectivity index (χ0v) is 18.1. The van der Waals surface area contributed by atoms with Crippen LogP contribution in [0.5, 0.6) is 0 Å². The van der Waals surface area contributed by atoms with E-state index < -0.39 is 8.24 Å². The third-order valence-corrected chi connectivity index (χ3v) is 7.55. The van der Waals surface area contributed by atoms with Crippen molar-refractivity contribution >= 4 is 21.7 Å². The number of nitrogens with zero attached hydrogens (tertiary/aromatic N) is 4. The van der Waals surface area contributed by atoms with Crippen LogP contribution in [-0.2, 0) is 0 Å². The van der Waals surface area contributed by atoms with Crippen LogP contribution in [0.25, 0.3) is 16.1 Å². The van der Waals surface area contributed by atoms with Crippen molar-refractivity contribution in [1.29, 1.82) is 0 Å². The molecule has 0 aromatic carbocycles. The van der Waals surface area contributed by atoms with E-state index in [-0.39, 0.29) is 26.9 Å². The first-order valence-electron chi connectivity index (χ1n) is 8.16. The summed E-state index contributed by atoms with van der Waals surface area (Å²) in [5.74, 6) is 0. The summed E-state index contributed by atoms with van der Waals surface area (Å²) in [6.45, 7) is 8.95. The van der Waals surface area contributed by atoms with Crippen molar-refractivity contribution in [3.8, 4) is 11.4 Å².